The molecule has 12 rings (SSSR count). The van der Waals surface area contributed by atoms with E-state index in [4.69, 9.17) is 108 Å². The minimum Gasteiger partial charge on any atom is -0.463 e. The van der Waals surface area contributed by atoms with Crippen molar-refractivity contribution in [2.24, 2.45) is 5.92 Å². The third-order valence-corrected chi connectivity index (χ3v) is 12.7. The zero-order valence-electron chi connectivity index (χ0n) is 50.5. The van der Waals surface area contributed by atoms with Crippen LogP contribution in [0.5, 0.6) is 0 Å². The fraction of sp³-hybridized carbons (Fsp3) is 0.448. The molecule has 3 atom stereocenters. The summed E-state index contributed by atoms with van der Waals surface area (Å²) in [5.41, 5.74) is 5.60. The summed E-state index contributed by atoms with van der Waals surface area (Å²) in [4.78, 5) is 106. The molecule has 0 saturated carbocycles. The maximum absolute atomic E-state index is 12.2. The summed E-state index contributed by atoms with van der Waals surface area (Å²) in [7, 11) is 0. The molecule has 36 heteroatoms. The van der Waals surface area contributed by atoms with Crippen LogP contribution in [0.1, 0.15) is 76.1 Å². The van der Waals surface area contributed by atoms with Gasteiger partial charge in [0, 0.05) is 67.8 Å². The lowest BCUT2D eigenvalue weighted by Gasteiger charge is -2.24. The summed E-state index contributed by atoms with van der Waals surface area (Å²) < 4.78 is 120. The first-order valence-corrected chi connectivity index (χ1v) is 28.6. The van der Waals surface area contributed by atoms with E-state index >= 15 is 0 Å². The lowest BCUT2D eigenvalue weighted by atomic mass is 10.2. The third-order valence-electron chi connectivity index (χ3n) is 12.7. The zero-order chi connectivity index (χ0) is 66.3. The molecule has 4 N–H and O–H groups in total. The van der Waals surface area contributed by atoms with Gasteiger partial charge >= 0.3 is 48.5 Å². The van der Waals surface area contributed by atoms with Gasteiger partial charge in [-0.2, -0.15) is 0 Å². The van der Waals surface area contributed by atoms with E-state index in [2.05, 4.69) is 24.7 Å². The third kappa shape index (κ3) is 20.5. The minimum absolute atomic E-state index is 0.167. The number of nitrogens with one attached hydrogen (secondary N) is 4. The van der Waals surface area contributed by atoms with Crippen molar-refractivity contribution in [3.05, 3.63) is 96.4 Å². The molecule has 0 amide bonds. The van der Waals surface area contributed by atoms with E-state index < -0.39 is 98.6 Å². The highest BCUT2D eigenvalue weighted by Gasteiger charge is 2.30. The Bertz CT molecular complexity index is 3610. The molecule has 0 radical (unpaired) electrons. The molecular formula is C58H64N4O32. The van der Waals surface area contributed by atoms with Crippen LogP contribution < -0.4 is 0 Å². The van der Waals surface area contributed by atoms with Crippen LogP contribution in [0.25, 0.3) is 44.4 Å². The summed E-state index contributed by atoms with van der Waals surface area (Å²) in [5, 5.41) is 0. The predicted octanol–water partition coefficient (Wildman–Crippen LogP) is 7.80. The number of furan rings is 4. The van der Waals surface area contributed by atoms with Gasteiger partial charge in [0.05, 0.1) is 100.0 Å². The largest absolute Gasteiger partial charge is 0.511 e. The van der Waals surface area contributed by atoms with E-state index in [9.17, 15) is 38.4 Å². The monoisotopic (exact) mass is 1330 g/mol. The Balaban J connectivity index is 0.000000148. The van der Waals surface area contributed by atoms with Crippen LogP contribution in [0.15, 0.2) is 91.3 Å². The molecule has 94 heavy (non-hydrogen) atoms. The van der Waals surface area contributed by atoms with Gasteiger partial charge in [-0.1, -0.05) is 20.8 Å². The van der Waals surface area contributed by atoms with E-state index in [1.54, 1.807) is 45.0 Å². The van der Waals surface area contributed by atoms with Crippen molar-refractivity contribution in [2.45, 2.75) is 77.4 Å². The lowest BCUT2D eigenvalue weighted by molar-refractivity contribution is -0.171. The summed E-state index contributed by atoms with van der Waals surface area (Å²) in [6, 6.07) is 12.8. The molecule has 508 valence electrons. The summed E-state index contributed by atoms with van der Waals surface area (Å²) in [6.45, 7) is 8.55. The molecule has 36 nitrogen and oxygen atoms in total. The highest BCUT2D eigenvalue weighted by atomic mass is 16.8. The van der Waals surface area contributed by atoms with Crippen molar-refractivity contribution < 1.29 is 151 Å². The van der Waals surface area contributed by atoms with E-state index in [1.807, 2.05) is 0 Å². The second kappa shape index (κ2) is 34.0. The second-order valence-electron chi connectivity index (χ2n) is 20.2. The van der Waals surface area contributed by atoms with Gasteiger partial charge in [0.15, 0.2) is 46.7 Å². The number of carbonyl (C=O) groups excluding carboxylic acids is 8. The maximum atomic E-state index is 12.2. The Labute approximate surface area is 528 Å². The van der Waals surface area contributed by atoms with Crippen molar-refractivity contribution in [1.82, 2.24) is 19.9 Å². The van der Waals surface area contributed by atoms with Crippen LogP contribution in [0.2, 0.25) is 0 Å². The van der Waals surface area contributed by atoms with Gasteiger partial charge in [0.2, 0.25) is 13.1 Å². The Morgan fingerprint density at radius 2 is 0.734 bits per heavy atom. The Morgan fingerprint density at radius 1 is 0.404 bits per heavy atom. The number of hydrogen-bond acceptors (Lipinski definition) is 32. The summed E-state index contributed by atoms with van der Waals surface area (Å²) >= 11 is 0. The van der Waals surface area contributed by atoms with Gasteiger partial charge in [0.1, 0.15) is 49.9 Å². The smallest absolute Gasteiger partial charge is 0.463 e. The summed E-state index contributed by atoms with van der Waals surface area (Å²) in [6.07, 6.45) is -3.03. The molecule has 3 unspecified atom stereocenters. The van der Waals surface area contributed by atoms with E-state index in [0.29, 0.717) is 44.4 Å². The van der Waals surface area contributed by atoms with Gasteiger partial charge in [0.25, 0.3) is 12.6 Å². The SMILES string of the molecule is CC(C)C(OC(=O)OC1COCOC1)OC(=O)c1cc2occc2[nH]1.CC(OC(=O)OC1COCOC1)OC(=O)c1cc2occc2[nH]1.CCC(OC(=O)OC1COCOC1)OC(=O)c1cc2occc2[nH]1.O=C(OCOC(=O)c1cc2occc2[nH]1)OC1COCOC1. The Hall–Kier alpha value is -10.1. The number of ether oxygens (including phenoxy) is 20. The van der Waals surface area contributed by atoms with Crippen molar-refractivity contribution in [3.63, 3.8) is 0 Å². The van der Waals surface area contributed by atoms with Gasteiger partial charge < -0.3 is 132 Å². The van der Waals surface area contributed by atoms with Crippen molar-refractivity contribution in [3.8, 4) is 0 Å². The zero-order valence-corrected chi connectivity index (χ0v) is 50.5. The van der Waals surface area contributed by atoms with E-state index in [-0.39, 0.29) is 115 Å². The number of H-pyrrole nitrogens is 4. The highest BCUT2D eigenvalue weighted by molar-refractivity contribution is 5.95. The maximum Gasteiger partial charge on any atom is 0.511 e. The average Bonchev–Trinajstić information content (AvgIpc) is 1.97. The molecule has 8 aromatic heterocycles. The Kier molecular flexibility index (Phi) is 24.7. The number of rotatable bonds is 18. The lowest BCUT2D eigenvalue weighted by Crippen LogP contribution is -2.36. The van der Waals surface area contributed by atoms with Crippen LogP contribution >= 0.6 is 0 Å². The van der Waals surface area contributed by atoms with Crippen molar-refractivity contribution >= 4 is 92.9 Å². The summed E-state index contributed by atoms with van der Waals surface area (Å²) in [5.74, 6) is -2.95. The molecule has 4 aliphatic rings. The van der Waals surface area contributed by atoms with Crippen LogP contribution in [0.4, 0.5) is 19.2 Å². The predicted molar refractivity (Wildman–Crippen MR) is 303 cm³/mol. The molecular weight excluding hydrogens is 1260 g/mol. The molecule has 4 fully saturated rings. The molecule has 4 saturated heterocycles. The first-order chi connectivity index (χ1) is 45.5. The van der Waals surface area contributed by atoms with Gasteiger partial charge in [-0.15, -0.1) is 0 Å². The number of hydrogen-bond donors (Lipinski definition) is 4. The molecule has 8 aromatic rings. The standard InChI is InChI=1S/C16H19NO8.C15H17NO8.C14H15NO8.C13H13NO8/c1-9(2)15(25-16(19)23-10-6-20-8-21-7-10)24-14(18)12-5-13-11(17-12)3-4-22-13;1-2-13(24-15(18)22-9-6-19-8-20-7-9)23-14(17)11-5-12-10(16-11)3-4-21-12;1-8(22-14(17)23-9-5-18-7-19-6-9)21-13(16)11-4-12-10(15-11)2-3-20-12;15-12(10-3-11-9(14-10)1-2-19-11)20-7-21-13(16)22-8-4-17-6-18-5-8/h3-5,9-10,15,17H,6-8H2,1-2H3;3-5,9,13,16H,2,6-8H2,1H3;2-4,8-9,15H,5-7H2,1H3;1-3,8,14H,4-7H2. The average molecular weight is 1330 g/mol. The van der Waals surface area contributed by atoms with Gasteiger partial charge in [-0.05, 0) is 0 Å². The van der Waals surface area contributed by atoms with Crippen molar-refractivity contribution in [2.75, 3.05) is 86.8 Å². The molecule has 0 spiro atoms. The van der Waals surface area contributed by atoms with Crippen LogP contribution in [-0.2, 0) is 94.7 Å². The fourth-order valence-electron chi connectivity index (χ4n) is 8.26. The van der Waals surface area contributed by atoms with Crippen LogP contribution in [0.3, 0.4) is 0 Å². The first-order valence-electron chi connectivity index (χ1n) is 28.6. The number of carbonyl (C=O) groups is 8. The van der Waals surface area contributed by atoms with Gasteiger partial charge in [-0.25, -0.2) is 38.4 Å². The number of aromatic nitrogens is 4. The number of aromatic amines is 4. The van der Waals surface area contributed by atoms with E-state index in [0.717, 1.165) is 0 Å². The molecule has 0 aromatic carbocycles. The molecule has 0 bridgehead atoms. The number of esters is 4. The normalized spacial score (nSPS) is 16.5. The minimum atomic E-state index is -1.12. The van der Waals surface area contributed by atoms with Gasteiger partial charge in [-0.3, -0.25) is 0 Å². The molecule has 4 aliphatic heterocycles. The first kappa shape index (κ1) is 68.3. The molecule has 12 heterocycles. The van der Waals surface area contributed by atoms with Crippen LogP contribution in [-0.4, -0.2) is 199 Å². The Morgan fingerprint density at radius 3 is 1.10 bits per heavy atom. The second-order valence-corrected chi connectivity index (χ2v) is 20.2. The highest BCUT2D eigenvalue weighted by Crippen LogP contribution is 2.23. The quantitative estimate of drug-likeness (QED) is 0.0361. The number of fused-ring (bicyclic) bond motifs is 4. The van der Waals surface area contributed by atoms with Crippen molar-refractivity contribution in [1.29, 1.82) is 0 Å². The molecule has 0 aliphatic carbocycles. The fourth-order valence-corrected chi connectivity index (χ4v) is 8.26. The topological polar surface area (TPSA) is 437 Å². The van der Waals surface area contributed by atoms with Crippen LogP contribution in [0, 0.1) is 5.92 Å². The van der Waals surface area contributed by atoms with E-state index in [1.165, 1.54) is 56.2 Å².